The van der Waals surface area contributed by atoms with Crippen molar-refractivity contribution >= 4 is 34.9 Å². The molecule has 32 heavy (non-hydrogen) atoms. The predicted octanol–water partition coefficient (Wildman–Crippen LogP) is 4.00. The molecule has 0 aliphatic carbocycles. The van der Waals surface area contributed by atoms with Crippen LogP contribution in [0.4, 0.5) is 10.5 Å². The fourth-order valence-electron chi connectivity index (χ4n) is 3.70. The van der Waals surface area contributed by atoms with Crippen LogP contribution in [0.15, 0.2) is 60.0 Å². The first-order valence-electron chi connectivity index (χ1n) is 10.3. The van der Waals surface area contributed by atoms with Crippen LogP contribution in [0.1, 0.15) is 23.9 Å². The molecule has 0 spiro atoms. The number of imide groups is 1. The smallest absolute Gasteiger partial charge is 0.325 e. The van der Waals surface area contributed by atoms with Crippen LogP contribution in [-0.4, -0.2) is 39.8 Å². The monoisotopic (exact) mass is 448 g/mol. The minimum Gasteiger partial charge on any atom is -0.325 e. The number of carbonyl (C=O) groups excluding carboxylic acids is 3. The third kappa shape index (κ3) is 4.70. The van der Waals surface area contributed by atoms with E-state index in [0.717, 1.165) is 26.7 Å². The Morgan fingerprint density at radius 2 is 1.94 bits per heavy atom. The van der Waals surface area contributed by atoms with Crippen LogP contribution in [0, 0.1) is 6.92 Å². The van der Waals surface area contributed by atoms with Crippen molar-refractivity contribution in [3.05, 3.63) is 70.5 Å². The van der Waals surface area contributed by atoms with Crippen molar-refractivity contribution in [3.8, 4) is 11.3 Å². The van der Waals surface area contributed by atoms with E-state index in [1.807, 2.05) is 60.8 Å². The number of nitrogens with one attached hydrogen (secondary N) is 2. The fourth-order valence-corrected chi connectivity index (χ4v) is 4.32. The molecule has 1 aliphatic rings. The SMILES string of the molecule is Cc1nc(-c2cccc(NC(=O)CN3C(=O)N[C@](C)(CCc4ccccc4)C3=O)c2)cs1. The minimum atomic E-state index is -1.03. The van der Waals surface area contributed by atoms with Gasteiger partial charge in [0.25, 0.3) is 5.91 Å². The average Bonchev–Trinajstić information content (AvgIpc) is 3.30. The van der Waals surface area contributed by atoms with Gasteiger partial charge in [-0.15, -0.1) is 11.3 Å². The van der Waals surface area contributed by atoms with E-state index in [2.05, 4.69) is 15.6 Å². The van der Waals surface area contributed by atoms with Crippen molar-refractivity contribution in [2.75, 3.05) is 11.9 Å². The van der Waals surface area contributed by atoms with Crippen LogP contribution in [0.2, 0.25) is 0 Å². The topological polar surface area (TPSA) is 91.4 Å². The van der Waals surface area contributed by atoms with Crippen molar-refractivity contribution in [2.45, 2.75) is 32.2 Å². The van der Waals surface area contributed by atoms with E-state index in [4.69, 9.17) is 0 Å². The lowest BCUT2D eigenvalue weighted by Gasteiger charge is -2.21. The van der Waals surface area contributed by atoms with Crippen LogP contribution in [0.3, 0.4) is 0 Å². The first kappa shape index (κ1) is 21.7. The van der Waals surface area contributed by atoms with E-state index < -0.39 is 17.5 Å². The summed E-state index contributed by atoms with van der Waals surface area (Å²) in [5, 5.41) is 8.45. The number of benzene rings is 2. The van der Waals surface area contributed by atoms with Crippen LogP contribution in [0.5, 0.6) is 0 Å². The molecule has 0 saturated carbocycles. The van der Waals surface area contributed by atoms with E-state index in [1.54, 1.807) is 24.3 Å². The molecule has 1 aromatic heterocycles. The summed E-state index contributed by atoms with van der Waals surface area (Å²) in [6.45, 7) is 3.30. The summed E-state index contributed by atoms with van der Waals surface area (Å²) in [7, 11) is 0. The van der Waals surface area contributed by atoms with Crippen LogP contribution in [-0.2, 0) is 16.0 Å². The van der Waals surface area contributed by atoms with Crippen molar-refractivity contribution in [2.24, 2.45) is 0 Å². The number of amides is 4. The zero-order chi connectivity index (χ0) is 22.7. The molecule has 4 amide bonds. The molecule has 2 N–H and O–H groups in total. The molecule has 164 valence electrons. The van der Waals surface area contributed by atoms with Gasteiger partial charge in [0.1, 0.15) is 12.1 Å². The molecular weight excluding hydrogens is 424 g/mol. The van der Waals surface area contributed by atoms with E-state index in [9.17, 15) is 14.4 Å². The zero-order valence-electron chi connectivity index (χ0n) is 17.9. The highest BCUT2D eigenvalue weighted by Crippen LogP contribution is 2.25. The molecule has 7 nitrogen and oxygen atoms in total. The highest BCUT2D eigenvalue weighted by Gasteiger charge is 2.47. The molecule has 4 rings (SSSR count). The third-order valence-electron chi connectivity index (χ3n) is 5.46. The molecule has 1 aliphatic heterocycles. The third-order valence-corrected chi connectivity index (χ3v) is 6.24. The van der Waals surface area contributed by atoms with E-state index >= 15 is 0 Å². The molecule has 0 unspecified atom stereocenters. The zero-order valence-corrected chi connectivity index (χ0v) is 18.7. The lowest BCUT2D eigenvalue weighted by molar-refractivity contribution is -0.133. The van der Waals surface area contributed by atoms with Gasteiger partial charge in [0, 0.05) is 16.6 Å². The maximum atomic E-state index is 12.9. The molecule has 1 atom stereocenters. The lowest BCUT2D eigenvalue weighted by Crippen LogP contribution is -2.45. The number of nitrogens with zero attached hydrogens (tertiary/aromatic N) is 2. The van der Waals surface area contributed by atoms with Crippen LogP contribution in [0.25, 0.3) is 11.3 Å². The van der Waals surface area contributed by atoms with Gasteiger partial charge in [-0.2, -0.15) is 0 Å². The molecule has 1 saturated heterocycles. The number of urea groups is 1. The molecule has 2 heterocycles. The van der Waals surface area contributed by atoms with Gasteiger partial charge >= 0.3 is 6.03 Å². The van der Waals surface area contributed by atoms with Gasteiger partial charge in [-0.05, 0) is 44.4 Å². The Kier molecular flexibility index (Phi) is 6.05. The average molecular weight is 449 g/mol. The first-order chi connectivity index (χ1) is 15.3. The molecule has 1 fully saturated rings. The highest BCUT2D eigenvalue weighted by atomic mass is 32.1. The maximum Gasteiger partial charge on any atom is 0.325 e. The van der Waals surface area contributed by atoms with Crippen molar-refractivity contribution < 1.29 is 14.4 Å². The molecule has 3 aromatic rings. The highest BCUT2D eigenvalue weighted by molar-refractivity contribution is 7.09. The molecule has 2 aromatic carbocycles. The summed E-state index contributed by atoms with van der Waals surface area (Å²) in [4.78, 5) is 43.4. The Balaban J connectivity index is 1.39. The number of aromatic nitrogens is 1. The van der Waals surface area contributed by atoms with Crippen LogP contribution >= 0.6 is 11.3 Å². The van der Waals surface area contributed by atoms with Gasteiger partial charge in [0.05, 0.1) is 10.7 Å². The number of hydrogen-bond acceptors (Lipinski definition) is 5. The Morgan fingerprint density at radius 3 is 2.66 bits per heavy atom. The second kappa shape index (κ2) is 8.92. The number of rotatable bonds is 7. The van der Waals surface area contributed by atoms with Crippen molar-refractivity contribution in [3.63, 3.8) is 0 Å². The summed E-state index contributed by atoms with van der Waals surface area (Å²) in [6.07, 6.45) is 1.10. The fraction of sp³-hybridized carbons (Fsp3) is 0.250. The summed E-state index contributed by atoms with van der Waals surface area (Å²) >= 11 is 1.56. The van der Waals surface area contributed by atoms with Crippen molar-refractivity contribution in [1.29, 1.82) is 0 Å². The molecule has 8 heteroatoms. The summed E-state index contributed by atoms with van der Waals surface area (Å²) in [5.74, 6) is -0.826. The van der Waals surface area contributed by atoms with E-state index in [-0.39, 0.29) is 12.5 Å². The van der Waals surface area contributed by atoms with Gasteiger partial charge < -0.3 is 10.6 Å². The predicted molar refractivity (Wildman–Crippen MR) is 124 cm³/mol. The normalized spacial score (nSPS) is 18.0. The molecule has 0 bridgehead atoms. The Labute approximate surface area is 190 Å². The summed E-state index contributed by atoms with van der Waals surface area (Å²) in [6, 6.07) is 16.6. The number of anilines is 1. The first-order valence-corrected chi connectivity index (χ1v) is 11.2. The number of carbonyl (C=O) groups is 3. The quantitative estimate of drug-likeness (QED) is 0.535. The van der Waals surface area contributed by atoms with Crippen LogP contribution < -0.4 is 10.6 Å². The molecular formula is C24H24N4O3S. The second-order valence-electron chi connectivity index (χ2n) is 8.02. The van der Waals surface area contributed by atoms with Gasteiger partial charge in [0.2, 0.25) is 5.91 Å². The van der Waals surface area contributed by atoms with Gasteiger partial charge in [-0.1, -0.05) is 42.5 Å². The van der Waals surface area contributed by atoms with Gasteiger partial charge in [-0.3, -0.25) is 14.5 Å². The van der Waals surface area contributed by atoms with Crippen molar-refractivity contribution in [1.82, 2.24) is 15.2 Å². The second-order valence-corrected chi connectivity index (χ2v) is 9.08. The molecule has 0 radical (unpaired) electrons. The number of aryl methyl sites for hydroxylation is 2. The van der Waals surface area contributed by atoms with Gasteiger partial charge in [-0.25, -0.2) is 9.78 Å². The van der Waals surface area contributed by atoms with E-state index in [1.165, 1.54) is 0 Å². The Morgan fingerprint density at radius 1 is 1.16 bits per heavy atom. The summed E-state index contributed by atoms with van der Waals surface area (Å²) in [5.41, 5.74) is 2.36. The largest absolute Gasteiger partial charge is 0.325 e. The standard InChI is InChI=1S/C24H24N4O3S/c1-16-25-20(15-32-16)18-9-6-10-19(13-18)26-21(29)14-28-22(30)24(2,27-23(28)31)12-11-17-7-4-3-5-8-17/h3-10,13,15H,11-12,14H2,1-2H3,(H,26,29)(H,27,31)/t24-/m1/s1. The lowest BCUT2D eigenvalue weighted by atomic mass is 9.93. The Hall–Kier alpha value is -3.52. The number of thiazole rings is 1. The maximum absolute atomic E-state index is 12.9. The summed E-state index contributed by atoms with van der Waals surface area (Å²) < 4.78 is 0. The van der Waals surface area contributed by atoms with Gasteiger partial charge in [0.15, 0.2) is 0 Å². The minimum absolute atomic E-state index is 0.342. The Bertz CT molecular complexity index is 1160. The number of hydrogen-bond donors (Lipinski definition) is 2. The van der Waals surface area contributed by atoms with E-state index in [0.29, 0.717) is 18.5 Å².